The molecule has 3 aromatic carbocycles. The molecule has 0 atom stereocenters. The monoisotopic (exact) mass is 381 g/mol. The zero-order valence-corrected chi connectivity index (χ0v) is 16.8. The molecule has 0 saturated carbocycles. The van der Waals surface area contributed by atoms with Gasteiger partial charge in [0, 0.05) is 11.3 Å². The predicted molar refractivity (Wildman–Crippen MR) is 118 cm³/mol. The van der Waals surface area contributed by atoms with Crippen LogP contribution in [0.25, 0.3) is 16.9 Å². The van der Waals surface area contributed by atoms with Crippen molar-refractivity contribution in [3.63, 3.8) is 0 Å². The van der Waals surface area contributed by atoms with Crippen molar-refractivity contribution in [3.05, 3.63) is 101 Å². The minimum absolute atomic E-state index is 0.227. The van der Waals surface area contributed by atoms with Crippen LogP contribution in [0.5, 0.6) is 0 Å². The summed E-state index contributed by atoms with van der Waals surface area (Å²) in [5, 5.41) is 7.58. The largest absolute Gasteiger partial charge is 0.321 e. The molecular formula is C25H23N3O. The number of nitrogens with zero attached hydrogens (tertiary/aromatic N) is 2. The number of nitrogens with one attached hydrogen (secondary N) is 1. The summed E-state index contributed by atoms with van der Waals surface area (Å²) in [7, 11) is 0. The van der Waals surface area contributed by atoms with Gasteiger partial charge in [0.2, 0.25) is 0 Å². The highest BCUT2D eigenvalue weighted by molar-refractivity contribution is 6.03. The fraction of sp³-hybridized carbons (Fsp3) is 0.120. The van der Waals surface area contributed by atoms with Gasteiger partial charge in [-0.25, -0.2) is 4.68 Å². The molecule has 0 unspecified atom stereocenters. The Morgan fingerprint density at radius 3 is 2.10 bits per heavy atom. The third kappa shape index (κ3) is 4.11. The second kappa shape index (κ2) is 7.76. The maximum absolute atomic E-state index is 12.9. The maximum Gasteiger partial charge on any atom is 0.276 e. The Morgan fingerprint density at radius 2 is 1.45 bits per heavy atom. The molecule has 0 bridgehead atoms. The average Bonchev–Trinajstić information content (AvgIpc) is 3.15. The van der Waals surface area contributed by atoms with Crippen molar-refractivity contribution in [2.45, 2.75) is 20.8 Å². The van der Waals surface area contributed by atoms with E-state index >= 15 is 0 Å². The van der Waals surface area contributed by atoms with Crippen LogP contribution < -0.4 is 5.32 Å². The predicted octanol–water partition coefficient (Wildman–Crippen LogP) is 5.72. The molecule has 1 aromatic heterocycles. The molecule has 0 fully saturated rings. The number of benzene rings is 3. The smallest absolute Gasteiger partial charge is 0.276 e. The van der Waals surface area contributed by atoms with E-state index in [0.717, 1.165) is 28.2 Å². The first-order chi connectivity index (χ1) is 14.0. The van der Waals surface area contributed by atoms with Gasteiger partial charge in [-0.1, -0.05) is 59.7 Å². The van der Waals surface area contributed by atoms with E-state index in [1.165, 1.54) is 11.1 Å². The summed E-state index contributed by atoms with van der Waals surface area (Å²) in [5.74, 6) is -0.227. The van der Waals surface area contributed by atoms with Crippen molar-refractivity contribution >= 4 is 11.6 Å². The van der Waals surface area contributed by atoms with Crippen LogP contribution in [0.15, 0.2) is 78.9 Å². The van der Waals surface area contributed by atoms with Crippen molar-refractivity contribution in [2.24, 2.45) is 0 Å². The van der Waals surface area contributed by atoms with E-state index in [-0.39, 0.29) is 5.91 Å². The topological polar surface area (TPSA) is 46.9 Å². The summed E-state index contributed by atoms with van der Waals surface area (Å²) in [6.07, 6.45) is 0. The highest BCUT2D eigenvalue weighted by Gasteiger charge is 2.17. The van der Waals surface area contributed by atoms with Gasteiger partial charge < -0.3 is 5.32 Å². The summed E-state index contributed by atoms with van der Waals surface area (Å²) in [5.41, 5.74) is 7.40. The summed E-state index contributed by atoms with van der Waals surface area (Å²) >= 11 is 0. The van der Waals surface area contributed by atoms with E-state index in [2.05, 4.69) is 48.5 Å². The Hall–Kier alpha value is -3.66. The van der Waals surface area contributed by atoms with Gasteiger partial charge in [0.15, 0.2) is 5.69 Å². The molecule has 0 spiro atoms. The number of rotatable bonds is 4. The van der Waals surface area contributed by atoms with Gasteiger partial charge in [0.1, 0.15) is 0 Å². The zero-order chi connectivity index (χ0) is 20.4. The Bertz CT molecular complexity index is 1090. The molecule has 0 aliphatic rings. The quantitative estimate of drug-likeness (QED) is 0.492. The molecule has 4 aromatic rings. The molecular weight excluding hydrogens is 358 g/mol. The lowest BCUT2D eigenvalue weighted by molar-refractivity contribution is 0.102. The van der Waals surface area contributed by atoms with Gasteiger partial charge in [0.25, 0.3) is 5.91 Å². The molecule has 4 rings (SSSR count). The molecule has 1 N–H and O–H groups in total. The Labute approximate surface area is 170 Å². The fourth-order valence-corrected chi connectivity index (χ4v) is 3.22. The summed E-state index contributed by atoms with van der Waals surface area (Å²) in [6.45, 7) is 6.10. The average molecular weight is 381 g/mol. The summed E-state index contributed by atoms with van der Waals surface area (Å²) in [6, 6.07) is 25.9. The van der Waals surface area contributed by atoms with E-state index < -0.39 is 0 Å². The van der Waals surface area contributed by atoms with E-state index in [1.807, 2.05) is 66.2 Å². The highest BCUT2D eigenvalue weighted by atomic mass is 16.1. The lowest BCUT2D eigenvalue weighted by Crippen LogP contribution is -2.13. The van der Waals surface area contributed by atoms with Gasteiger partial charge in [-0.05, 0) is 56.7 Å². The van der Waals surface area contributed by atoms with Crippen molar-refractivity contribution in [1.29, 1.82) is 0 Å². The molecule has 29 heavy (non-hydrogen) atoms. The second-order valence-electron chi connectivity index (χ2n) is 7.35. The van der Waals surface area contributed by atoms with Crippen LogP contribution in [0.4, 0.5) is 5.69 Å². The third-order valence-electron chi connectivity index (χ3n) is 4.84. The van der Waals surface area contributed by atoms with Crippen molar-refractivity contribution in [3.8, 4) is 16.9 Å². The van der Waals surface area contributed by atoms with Gasteiger partial charge in [0.05, 0.1) is 11.4 Å². The third-order valence-corrected chi connectivity index (χ3v) is 4.84. The van der Waals surface area contributed by atoms with Crippen LogP contribution in [0, 0.1) is 20.8 Å². The maximum atomic E-state index is 12.9. The molecule has 0 saturated heterocycles. The Balaban J connectivity index is 1.75. The number of aryl methyl sites for hydroxylation is 3. The first-order valence-corrected chi connectivity index (χ1v) is 9.62. The van der Waals surface area contributed by atoms with Crippen LogP contribution >= 0.6 is 0 Å². The van der Waals surface area contributed by atoms with Crippen LogP contribution in [0.2, 0.25) is 0 Å². The molecule has 4 heteroatoms. The molecule has 0 aliphatic heterocycles. The minimum atomic E-state index is -0.227. The second-order valence-corrected chi connectivity index (χ2v) is 7.35. The standard InChI is InChI=1S/C25H23N3O/c1-17-7-11-20(12-8-17)24-16-23(25(29)26-21-6-4-5-19(3)15-21)27-28(24)22-13-9-18(2)10-14-22/h4-16H,1-3H3,(H,26,29). The fourth-order valence-electron chi connectivity index (χ4n) is 3.22. The van der Waals surface area contributed by atoms with Gasteiger partial charge in [-0.15, -0.1) is 0 Å². The number of anilines is 1. The summed E-state index contributed by atoms with van der Waals surface area (Å²) < 4.78 is 1.83. The molecule has 0 aliphatic carbocycles. The number of carbonyl (C=O) groups excluding carboxylic acids is 1. The minimum Gasteiger partial charge on any atom is -0.321 e. The van der Waals surface area contributed by atoms with E-state index in [9.17, 15) is 4.79 Å². The van der Waals surface area contributed by atoms with Crippen molar-refractivity contribution in [2.75, 3.05) is 5.32 Å². The van der Waals surface area contributed by atoms with Gasteiger partial charge in [-0.3, -0.25) is 4.79 Å². The van der Waals surface area contributed by atoms with Crippen LogP contribution in [0.3, 0.4) is 0 Å². The van der Waals surface area contributed by atoms with Gasteiger partial charge in [-0.2, -0.15) is 5.10 Å². The van der Waals surface area contributed by atoms with Crippen molar-refractivity contribution < 1.29 is 4.79 Å². The lowest BCUT2D eigenvalue weighted by Gasteiger charge is -2.08. The summed E-state index contributed by atoms with van der Waals surface area (Å²) in [4.78, 5) is 12.9. The van der Waals surface area contributed by atoms with Crippen LogP contribution in [-0.4, -0.2) is 15.7 Å². The molecule has 1 amide bonds. The van der Waals surface area contributed by atoms with E-state index in [1.54, 1.807) is 0 Å². The van der Waals surface area contributed by atoms with Crippen molar-refractivity contribution in [1.82, 2.24) is 9.78 Å². The SMILES string of the molecule is Cc1ccc(-c2cc(C(=O)Nc3cccc(C)c3)nn2-c2ccc(C)cc2)cc1. The number of aromatic nitrogens is 2. The number of carbonyl (C=O) groups is 1. The number of hydrogen-bond donors (Lipinski definition) is 1. The first kappa shape index (κ1) is 18.7. The van der Waals surface area contributed by atoms with Crippen LogP contribution in [0.1, 0.15) is 27.2 Å². The zero-order valence-electron chi connectivity index (χ0n) is 16.8. The highest BCUT2D eigenvalue weighted by Crippen LogP contribution is 2.25. The normalized spacial score (nSPS) is 10.7. The molecule has 4 nitrogen and oxygen atoms in total. The Kier molecular flexibility index (Phi) is 5.00. The van der Waals surface area contributed by atoms with Gasteiger partial charge >= 0.3 is 0 Å². The Morgan fingerprint density at radius 1 is 0.793 bits per heavy atom. The van der Waals surface area contributed by atoms with E-state index in [0.29, 0.717) is 5.69 Å². The number of hydrogen-bond acceptors (Lipinski definition) is 2. The van der Waals surface area contributed by atoms with E-state index in [4.69, 9.17) is 0 Å². The molecule has 144 valence electrons. The molecule has 1 heterocycles. The first-order valence-electron chi connectivity index (χ1n) is 9.62. The molecule has 0 radical (unpaired) electrons. The van der Waals surface area contributed by atoms with Crippen LogP contribution in [-0.2, 0) is 0 Å². The lowest BCUT2D eigenvalue weighted by atomic mass is 10.1. The number of amides is 1.